The summed E-state index contributed by atoms with van der Waals surface area (Å²) >= 11 is 5.10. The first-order valence-corrected chi connectivity index (χ1v) is 9.68. The standard InChI is InChI=1S/C20H27N3O4S/c1-4-12-23(13-5-2)19(26)15-8-7-9-16(14-15)21-20(28)22-17(24)10-11-18(25)27-6-3/h7-11,14H,4-6,12-13H2,1-3H3,(H2,21,22,24,28)/b11-10+. The number of nitrogens with zero attached hydrogens (tertiary/aromatic N) is 1. The molecule has 0 aromatic heterocycles. The van der Waals surface area contributed by atoms with Crippen LogP contribution < -0.4 is 10.6 Å². The molecule has 0 fully saturated rings. The van der Waals surface area contributed by atoms with Crippen molar-refractivity contribution in [3.8, 4) is 0 Å². The number of carbonyl (C=O) groups is 3. The van der Waals surface area contributed by atoms with Gasteiger partial charge in [0.05, 0.1) is 6.61 Å². The first-order chi connectivity index (χ1) is 13.4. The number of amides is 2. The summed E-state index contributed by atoms with van der Waals surface area (Å²) < 4.78 is 4.69. The van der Waals surface area contributed by atoms with Crippen LogP contribution in [0.1, 0.15) is 44.0 Å². The summed E-state index contributed by atoms with van der Waals surface area (Å²) in [4.78, 5) is 37.5. The number of nitrogens with one attached hydrogen (secondary N) is 2. The highest BCUT2D eigenvalue weighted by Crippen LogP contribution is 2.13. The lowest BCUT2D eigenvalue weighted by atomic mass is 10.1. The van der Waals surface area contributed by atoms with E-state index in [1.54, 1.807) is 31.2 Å². The summed E-state index contributed by atoms with van der Waals surface area (Å²) in [6.45, 7) is 7.37. The van der Waals surface area contributed by atoms with Crippen molar-refractivity contribution in [3.05, 3.63) is 42.0 Å². The second kappa shape index (κ2) is 12.6. The molecule has 0 radical (unpaired) electrons. The van der Waals surface area contributed by atoms with Crippen LogP contribution in [0.3, 0.4) is 0 Å². The lowest BCUT2D eigenvalue weighted by Crippen LogP contribution is -2.33. The number of esters is 1. The van der Waals surface area contributed by atoms with Crippen LogP contribution in [0, 0.1) is 0 Å². The highest BCUT2D eigenvalue weighted by atomic mass is 32.1. The van der Waals surface area contributed by atoms with E-state index in [0.717, 1.165) is 25.0 Å². The Morgan fingerprint density at radius 2 is 1.79 bits per heavy atom. The number of hydrogen-bond donors (Lipinski definition) is 2. The second-order valence-electron chi connectivity index (χ2n) is 5.90. The van der Waals surface area contributed by atoms with Crippen molar-refractivity contribution < 1.29 is 19.1 Å². The molecule has 0 aliphatic carbocycles. The van der Waals surface area contributed by atoms with Gasteiger partial charge < -0.3 is 15.0 Å². The molecule has 0 bridgehead atoms. The van der Waals surface area contributed by atoms with Gasteiger partial charge in [0.2, 0.25) is 5.91 Å². The van der Waals surface area contributed by atoms with E-state index in [-0.39, 0.29) is 17.6 Å². The van der Waals surface area contributed by atoms with Crippen molar-refractivity contribution in [1.82, 2.24) is 10.2 Å². The van der Waals surface area contributed by atoms with Crippen LogP contribution in [-0.4, -0.2) is 47.5 Å². The zero-order valence-corrected chi connectivity index (χ0v) is 17.3. The van der Waals surface area contributed by atoms with Gasteiger partial charge in [-0.1, -0.05) is 19.9 Å². The largest absolute Gasteiger partial charge is 0.463 e. The normalized spacial score (nSPS) is 10.4. The first kappa shape index (κ1) is 23.3. The van der Waals surface area contributed by atoms with Gasteiger partial charge in [-0.05, 0) is 50.2 Å². The Kier molecular flexibility index (Phi) is 10.5. The maximum absolute atomic E-state index is 12.7. The number of rotatable bonds is 9. The van der Waals surface area contributed by atoms with E-state index in [0.29, 0.717) is 24.3 Å². The Morgan fingerprint density at radius 1 is 1.11 bits per heavy atom. The molecule has 8 heteroatoms. The van der Waals surface area contributed by atoms with Crippen LogP contribution in [0.4, 0.5) is 5.69 Å². The van der Waals surface area contributed by atoms with E-state index < -0.39 is 11.9 Å². The predicted molar refractivity (Wildman–Crippen MR) is 113 cm³/mol. The van der Waals surface area contributed by atoms with E-state index in [1.165, 1.54) is 0 Å². The maximum Gasteiger partial charge on any atom is 0.330 e. The summed E-state index contributed by atoms with van der Waals surface area (Å²) in [5.74, 6) is -1.21. The molecule has 7 nitrogen and oxygen atoms in total. The summed E-state index contributed by atoms with van der Waals surface area (Å²) in [5, 5.41) is 5.35. The number of hydrogen-bond acceptors (Lipinski definition) is 5. The fourth-order valence-corrected chi connectivity index (χ4v) is 2.64. The van der Waals surface area contributed by atoms with E-state index in [9.17, 15) is 14.4 Å². The maximum atomic E-state index is 12.7. The summed E-state index contributed by atoms with van der Waals surface area (Å²) in [5.41, 5.74) is 1.13. The second-order valence-corrected chi connectivity index (χ2v) is 6.31. The minimum absolute atomic E-state index is 0.0420. The fraction of sp³-hybridized carbons (Fsp3) is 0.400. The zero-order valence-electron chi connectivity index (χ0n) is 16.5. The van der Waals surface area contributed by atoms with Crippen molar-refractivity contribution >= 4 is 40.8 Å². The molecule has 1 aromatic rings. The van der Waals surface area contributed by atoms with Gasteiger partial charge >= 0.3 is 5.97 Å². The van der Waals surface area contributed by atoms with Crippen molar-refractivity contribution in [3.63, 3.8) is 0 Å². The van der Waals surface area contributed by atoms with Gasteiger partial charge in [0.25, 0.3) is 5.91 Å². The van der Waals surface area contributed by atoms with Gasteiger partial charge in [0.15, 0.2) is 5.11 Å². The number of thiocarbonyl (C=S) groups is 1. The van der Waals surface area contributed by atoms with Gasteiger partial charge in [-0.25, -0.2) is 4.79 Å². The average molecular weight is 406 g/mol. The van der Waals surface area contributed by atoms with Gasteiger partial charge in [-0.15, -0.1) is 0 Å². The molecule has 0 heterocycles. The van der Waals surface area contributed by atoms with E-state index >= 15 is 0 Å². The molecule has 0 aliphatic heterocycles. The van der Waals surface area contributed by atoms with Gasteiger partial charge in [-0.3, -0.25) is 14.9 Å². The number of ether oxygens (including phenoxy) is 1. The fourth-order valence-electron chi connectivity index (χ4n) is 2.42. The highest BCUT2D eigenvalue weighted by Gasteiger charge is 2.14. The molecule has 0 aliphatic rings. The number of carbonyl (C=O) groups excluding carboxylic acids is 3. The van der Waals surface area contributed by atoms with Crippen molar-refractivity contribution in [2.75, 3.05) is 25.0 Å². The molecule has 0 saturated carbocycles. The van der Waals surface area contributed by atoms with Crippen molar-refractivity contribution in [2.24, 2.45) is 0 Å². The molecule has 2 amide bonds. The summed E-state index contributed by atoms with van der Waals surface area (Å²) in [6, 6.07) is 6.92. The van der Waals surface area contributed by atoms with Crippen LogP contribution in [0.2, 0.25) is 0 Å². The van der Waals surface area contributed by atoms with Crippen molar-refractivity contribution in [1.29, 1.82) is 0 Å². The lowest BCUT2D eigenvalue weighted by Gasteiger charge is -2.21. The molecule has 0 spiro atoms. The Hall–Kier alpha value is -2.74. The van der Waals surface area contributed by atoms with Crippen LogP contribution in [0.5, 0.6) is 0 Å². The monoisotopic (exact) mass is 405 g/mol. The summed E-state index contributed by atoms with van der Waals surface area (Å²) in [7, 11) is 0. The first-order valence-electron chi connectivity index (χ1n) is 9.27. The molecule has 2 N–H and O–H groups in total. The van der Waals surface area contributed by atoms with Crippen LogP contribution in [0.15, 0.2) is 36.4 Å². The molecule has 0 saturated heterocycles. The third-order valence-corrected chi connectivity index (χ3v) is 3.74. The molecular weight excluding hydrogens is 378 g/mol. The van der Waals surface area contributed by atoms with E-state index in [4.69, 9.17) is 17.0 Å². The molecular formula is C20H27N3O4S. The average Bonchev–Trinajstić information content (AvgIpc) is 2.66. The molecule has 1 rings (SSSR count). The molecule has 0 unspecified atom stereocenters. The van der Waals surface area contributed by atoms with Crippen LogP contribution in [0.25, 0.3) is 0 Å². The molecule has 0 atom stereocenters. The van der Waals surface area contributed by atoms with Crippen LogP contribution >= 0.6 is 12.2 Å². The van der Waals surface area contributed by atoms with Gasteiger partial charge in [0, 0.05) is 36.5 Å². The van der Waals surface area contributed by atoms with E-state index in [1.807, 2.05) is 18.7 Å². The lowest BCUT2D eigenvalue weighted by molar-refractivity contribution is -0.137. The quantitative estimate of drug-likeness (QED) is 0.373. The Balaban J connectivity index is 2.71. The van der Waals surface area contributed by atoms with Crippen LogP contribution in [-0.2, 0) is 14.3 Å². The Morgan fingerprint density at radius 3 is 2.39 bits per heavy atom. The van der Waals surface area contributed by atoms with Gasteiger partial charge in [-0.2, -0.15) is 0 Å². The minimum Gasteiger partial charge on any atom is -0.463 e. The smallest absolute Gasteiger partial charge is 0.330 e. The number of anilines is 1. The third-order valence-electron chi connectivity index (χ3n) is 3.54. The predicted octanol–water partition coefficient (Wildman–Crippen LogP) is 2.88. The number of benzene rings is 1. The molecule has 152 valence electrons. The highest BCUT2D eigenvalue weighted by molar-refractivity contribution is 7.80. The molecule has 1 aromatic carbocycles. The van der Waals surface area contributed by atoms with Crippen molar-refractivity contribution in [2.45, 2.75) is 33.6 Å². The zero-order chi connectivity index (χ0) is 20.9. The van der Waals surface area contributed by atoms with Gasteiger partial charge in [0.1, 0.15) is 0 Å². The Bertz CT molecular complexity index is 728. The van der Waals surface area contributed by atoms with E-state index in [2.05, 4.69) is 10.6 Å². The minimum atomic E-state index is -0.605. The third kappa shape index (κ3) is 8.30. The SMILES string of the molecule is CCCN(CCC)C(=O)c1cccc(NC(=S)NC(=O)/C=C/C(=O)OCC)c1. The summed E-state index contributed by atoms with van der Waals surface area (Å²) in [6.07, 6.45) is 3.84. The topological polar surface area (TPSA) is 87.7 Å². The Labute approximate surface area is 171 Å². The molecule has 28 heavy (non-hydrogen) atoms.